The van der Waals surface area contributed by atoms with Gasteiger partial charge in [0.25, 0.3) is 15.9 Å². The Hall–Kier alpha value is -2.44. The van der Waals surface area contributed by atoms with Crippen molar-refractivity contribution in [3.8, 4) is 0 Å². The van der Waals surface area contributed by atoms with E-state index < -0.39 is 27.7 Å². The number of benzene rings is 1. The monoisotopic (exact) mass is 452 g/mol. The number of aliphatic hydroxyl groups is 1. The van der Waals surface area contributed by atoms with Gasteiger partial charge in [-0.1, -0.05) is 11.6 Å². The minimum atomic E-state index is -5.22. The molecule has 1 atom stereocenters. The summed E-state index contributed by atoms with van der Waals surface area (Å²) >= 11 is 5.90. The topological polar surface area (TPSA) is 121 Å². The van der Waals surface area contributed by atoms with Crippen LogP contribution in [0.1, 0.15) is 18.3 Å². The van der Waals surface area contributed by atoms with Crippen molar-refractivity contribution >= 4 is 39.0 Å². The molecule has 8 nitrogen and oxygen atoms in total. The normalized spacial score (nSPS) is 14.2. The highest BCUT2D eigenvalue weighted by molar-refractivity contribution is 7.92. The number of hydrogen-bond acceptors (Lipinski definition) is 6. The number of aryl methyl sites for hydroxylation is 2. The lowest BCUT2D eigenvalue weighted by Crippen LogP contribution is -2.52. The molecule has 29 heavy (non-hydrogen) atoms. The average Bonchev–Trinajstić information content (AvgIpc) is 2.58. The molecule has 1 amide bonds. The number of amides is 1. The summed E-state index contributed by atoms with van der Waals surface area (Å²) in [5, 5.41) is 10.8. The second kappa shape index (κ2) is 7.76. The number of nitrogens with one attached hydrogen (secondary N) is 2. The molecule has 0 saturated carbocycles. The van der Waals surface area contributed by atoms with Crippen molar-refractivity contribution in [1.82, 2.24) is 9.97 Å². The maximum Gasteiger partial charge on any atom is 0.426 e. The van der Waals surface area contributed by atoms with E-state index >= 15 is 0 Å². The van der Waals surface area contributed by atoms with E-state index in [-0.39, 0.29) is 28.3 Å². The van der Waals surface area contributed by atoms with Crippen LogP contribution in [0.5, 0.6) is 0 Å². The molecule has 0 bridgehead atoms. The van der Waals surface area contributed by atoms with E-state index in [9.17, 15) is 31.5 Å². The number of halogens is 4. The average molecular weight is 453 g/mol. The van der Waals surface area contributed by atoms with Gasteiger partial charge in [-0.2, -0.15) is 13.2 Å². The van der Waals surface area contributed by atoms with Crippen LogP contribution in [0.4, 0.5) is 24.7 Å². The smallest absolute Gasteiger partial charge is 0.373 e. The van der Waals surface area contributed by atoms with E-state index in [1.165, 1.54) is 6.20 Å². The van der Waals surface area contributed by atoms with Gasteiger partial charge in [0.1, 0.15) is 0 Å². The lowest BCUT2D eigenvalue weighted by molar-refractivity contribution is -0.242. The maximum atomic E-state index is 12.7. The van der Waals surface area contributed by atoms with Crippen LogP contribution in [0.15, 0.2) is 29.3 Å². The van der Waals surface area contributed by atoms with Crippen LogP contribution in [0.25, 0.3) is 0 Å². The summed E-state index contributed by atoms with van der Waals surface area (Å²) in [6.07, 6.45) is -4.00. The molecule has 0 fully saturated rings. The van der Waals surface area contributed by atoms with Crippen molar-refractivity contribution in [2.45, 2.75) is 37.4 Å². The standard InChI is InChI=1S/C16H16ClF3N4O4S/c1-8-9(2)22-13(7-21-8)24-29(27,28)10-4-5-12(11(17)6-10)23-14(25)15(3,26)16(18,19)20/h4-7,26H,1-3H3,(H,22,24)(H,23,25). The zero-order chi connectivity index (χ0) is 22.2. The first-order valence-corrected chi connectivity index (χ1v) is 9.74. The highest BCUT2D eigenvalue weighted by Crippen LogP contribution is 2.32. The fourth-order valence-electron chi connectivity index (χ4n) is 1.92. The lowest BCUT2D eigenvalue weighted by atomic mass is 10.1. The van der Waals surface area contributed by atoms with Gasteiger partial charge in [0.05, 0.1) is 33.2 Å². The number of hydrogen-bond donors (Lipinski definition) is 3. The second-order valence-electron chi connectivity index (χ2n) is 6.20. The summed E-state index contributed by atoms with van der Waals surface area (Å²) in [5.74, 6) is -1.81. The van der Waals surface area contributed by atoms with Gasteiger partial charge in [0.2, 0.25) is 5.60 Å². The Bertz CT molecular complexity index is 1060. The predicted octanol–water partition coefficient (Wildman–Crippen LogP) is 2.80. The van der Waals surface area contributed by atoms with E-state index in [2.05, 4.69) is 14.7 Å². The van der Waals surface area contributed by atoms with Gasteiger partial charge in [-0.3, -0.25) is 14.5 Å². The van der Waals surface area contributed by atoms with Gasteiger partial charge in [0, 0.05) is 0 Å². The number of rotatable bonds is 5. The van der Waals surface area contributed by atoms with Crippen LogP contribution in [0, 0.1) is 13.8 Å². The maximum absolute atomic E-state index is 12.7. The number of sulfonamides is 1. The van der Waals surface area contributed by atoms with E-state index in [0.717, 1.165) is 18.2 Å². The Morgan fingerprint density at radius 3 is 2.34 bits per heavy atom. The Morgan fingerprint density at radius 1 is 1.21 bits per heavy atom. The van der Waals surface area contributed by atoms with Gasteiger partial charge >= 0.3 is 6.18 Å². The molecule has 1 aromatic carbocycles. The zero-order valence-corrected chi connectivity index (χ0v) is 16.9. The third-order valence-corrected chi connectivity index (χ3v) is 5.59. The SMILES string of the molecule is Cc1ncc(NS(=O)(=O)c2ccc(NC(=O)C(C)(O)C(F)(F)F)c(Cl)c2)nc1C. The number of anilines is 2. The molecule has 2 rings (SSSR count). The molecule has 2 aromatic rings. The number of alkyl halides is 3. The highest BCUT2D eigenvalue weighted by Gasteiger charge is 2.55. The van der Waals surface area contributed by atoms with Gasteiger partial charge in [-0.25, -0.2) is 13.4 Å². The molecule has 0 aliphatic carbocycles. The Balaban J connectivity index is 2.26. The molecule has 0 aliphatic heterocycles. The summed E-state index contributed by atoms with van der Waals surface area (Å²) in [4.78, 5) is 19.4. The van der Waals surface area contributed by atoms with Gasteiger partial charge in [-0.15, -0.1) is 0 Å². The first-order valence-electron chi connectivity index (χ1n) is 7.88. The van der Waals surface area contributed by atoms with E-state index in [4.69, 9.17) is 11.6 Å². The molecule has 1 heterocycles. The molecule has 0 aliphatic rings. The first-order chi connectivity index (χ1) is 13.1. The molecule has 1 aromatic heterocycles. The van der Waals surface area contributed by atoms with Crippen LogP contribution in [0.3, 0.4) is 0 Å². The van der Waals surface area contributed by atoms with Crippen molar-refractivity contribution in [3.63, 3.8) is 0 Å². The molecule has 158 valence electrons. The lowest BCUT2D eigenvalue weighted by Gasteiger charge is -2.25. The predicted molar refractivity (Wildman–Crippen MR) is 99.1 cm³/mol. The largest absolute Gasteiger partial charge is 0.426 e. The quantitative estimate of drug-likeness (QED) is 0.641. The van der Waals surface area contributed by atoms with Gasteiger partial charge in [-0.05, 0) is 39.0 Å². The van der Waals surface area contributed by atoms with Crippen LogP contribution in [-0.4, -0.2) is 41.2 Å². The van der Waals surface area contributed by atoms with Crippen molar-refractivity contribution in [2.24, 2.45) is 0 Å². The van der Waals surface area contributed by atoms with Crippen molar-refractivity contribution < 1.29 is 31.5 Å². The fraction of sp³-hybridized carbons (Fsp3) is 0.312. The summed E-state index contributed by atoms with van der Waals surface area (Å²) in [7, 11) is -4.14. The third-order valence-electron chi connectivity index (χ3n) is 3.92. The van der Waals surface area contributed by atoms with E-state index in [1.54, 1.807) is 13.8 Å². The minimum absolute atomic E-state index is 0.0390. The van der Waals surface area contributed by atoms with Crippen LogP contribution in [-0.2, 0) is 14.8 Å². The molecule has 13 heteroatoms. The molecular formula is C16H16ClF3N4O4S. The summed E-state index contributed by atoms with van der Waals surface area (Å²) in [5.41, 5.74) is -2.85. The summed E-state index contributed by atoms with van der Waals surface area (Å²) < 4.78 is 65.3. The molecule has 3 N–H and O–H groups in total. The van der Waals surface area contributed by atoms with Crippen LogP contribution < -0.4 is 10.0 Å². The van der Waals surface area contributed by atoms with Crippen LogP contribution >= 0.6 is 11.6 Å². The third kappa shape index (κ3) is 4.95. The molecule has 0 spiro atoms. The number of carbonyl (C=O) groups excluding carboxylic acids is 1. The number of aromatic nitrogens is 2. The van der Waals surface area contributed by atoms with Crippen molar-refractivity contribution in [1.29, 1.82) is 0 Å². The Kier molecular flexibility index (Phi) is 6.12. The zero-order valence-electron chi connectivity index (χ0n) is 15.3. The first kappa shape index (κ1) is 22.8. The van der Waals surface area contributed by atoms with Gasteiger partial charge < -0.3 is 10.4 Å². The fourth-order valence-corrected chi connectivity index (χ4v) is 3.23. The second-order valence-corrected chi connectivity index (χ2v) is 8.29. The summed E-state index contributed by atoms with van der Waals surface area (Å²) in [6.45, 7) is 3.62. The number of nitrogens with zero attached hydrogens (tertiary/aromatic N) is 2. The highest BCUT2D eigenvalue weighted by atomic mass is 35.5. The van der Waals surface area contributed by atoms with E-state index in [1.807, 2.05) is 5.32 Å². The Labute approximate surface area is 169 Å². The van der Waals surface area contributed by atoms with Crippen LogP contribution in [0.2, 0.25) is 5.02 Å². The molecule has 0 saturated heterocycles. The van der Waals surface area contributed by atoms with E-state index in [0.29, 0.717) is 11.4 Å². The molecular weight excluding hydrogens is 437 g/mol. The number of carbonyl (C=O) groups is 1. The van der Waals surface area contributed by atoms with Crippen molar-refractivity contribution in [3.05, 3.63) is 40.8 Å². The molecule has 0 radical (unpaired) electrons. The summed E-state index contributed by atoms with van der Waals surface area (Å²) in [6, 6.07) is 2.93. The van der Waals surface area contributed by atoms with Gasteiger partial charge in [0.15, 0.2) is 5.82 Å². The minimum Gasteiger partial charge on any atom is -0.373 e. The van der Waals surface area contributed by atoms with Crippen molar-refractivity contribution in [2.75, 3.05) is 10.0 Å². The Morgan fingerprint density at radius 2 is 1.83 bits per heavy atom. The molecule has 1 unspecified atom stereocenters.